The molecular formula is C30H38O3. The van der Waals surface area contributed by atoms with Crippen LogP contribution in [0.2, 0.25) is 0 Å². The second-order valence-corrected chi connectivity index (χ2v) is 12.2. The topological polar surface area (TPSA) is 54.4 Å². The number of carbonyl (C=O) groups excluding carboxylic acids is 2. The lowest BCUT2D eigenvalue weighted by Crippen LogP contribution is -2.56. The van der Waals surface area contributed by atoms with Gasteiger partial charge in [-0.05, 0) is 111 Å². The maximum atomic E-state index is 12.4. The predicted octanol–water partition coefficient (Wildman–Crippen LogP) is 5.83. The molecule has 0 spiro atoms. The van der Waals surface area contributed by atoms with Crippen molar-refractivity contribution in [3.05, 3.63) is 35.4 Å². The maximum absolute atomic E-state index is 12.4. The molecule has 4 saturated carbocycles. The Kier molecular flexibility index (Phi) is 5.60. The number of Topliss-reactive ketones (excluding diaryl/α,β-unsaturated/α-hetero) is 1. The van der Waals surface area contributed by atoms with E-state index in [0.717, 1.165) is 43.5 Å². The number of rotatable bonds is 2. The lowest BCUT2D eigenvalue weighted by Gasteiger charge is -2.61. The molecule has 4 aliphatic carbocycles. The molecule has 3 unspecified atom stereocenters. The normalized spacial score (nSPS) is 43.9. The molecule has 0 radical (unpaired) electrons. The van der Waals surface area contributed by atoms with Crippen LogP contribution in [0.5, 0.6) is 0 Å². The Bertz CT molecular complexity index is 1000. The minimum absolute atomic E-state index is 0.205. The van der Waals surface area contributed by atoms with E-state index >= 15 is 0 Å². The summed E-state index contributed by atoms with van der Waals surface area (Å²) in [5, 5.41) is 11.4. The summed E-state index contributed by atoms with van der Waals surface area (Å²) in [6.45, 7) is 6.72. The van der Waals surface area contributed by atoms with Gasteiger partial charge in [0, 0.05) is 17.0 Å². The Labute approximate surface area is 198 Å². The van der Waals surface area contributed by atoms with E-state index in [1.54, 1.807) is 12.1 Å². The summed E-state index contributed by atoms with van der Waals surface area (Å²) in [6, 6.07) is 7.26. The Morgan fingerprint density at radius 3 is 2.39 bits per heavy atom. The zero-order chi connectivity index (χ0) is 23.4. The second kappa shape index (κ2) is 8.09. The summed E-state index contributed by atoms with van der Waals surface area (Å²) in [4.78, 5) is 23.2. The van der Waals surface area contributed by atoms with Crippen LogP contribution >= 0.6 is 0 Å². The molecule has 33 heavy (non-hydrogen) atoms. The molecule has 0 saturated heterocycles. The first-order valence-corrected chi connectivity index (χ1v) is 13.0. The summed E-state index contributed by atoms with van der Waals surface area (Å²) in [5.74, 6) is 9.72. The highest BCUT2D eigenvalue weighted by Gasteiger charge is 2.61. The van der Waals surface area contributed by atoms with Crippen molar-refractivity contribution >= 4 is 12.1 Å². The standard InChI is InChI=1S/C30H38O3/c1-20(32)25-10-11-26-24-9-8-23-18-30(33,15-12-21-4-6-22(19-31)7-5-21)17-16-28(23,2)27(24)13-14-29(25,26)3/h4-7,19,23-27,33H,8-11,13-14,16-18H2,1-3H3/t23-,24?,25-,26?,27?,28+,29-,30-/m1/s1. The molecule has 0 heterocycles. The molecule has 4 fully saturated rings. The third-order valence-electron chi connectivity index (χ3n) is 10.7. The quantitative estimate of drug-likeness (QED) is 0.459. The monoisotopic (exact) mass is 446 g/mol. The van der Waals surface area contributed by atoms with Gasteiger partial charge in [0.05, 0.1) is 0 Å². The summed E-state index contributed by atoms with van der Waals surface area (Å²) in [6.07, 6.45) is 10.5. The first-order valence-electron chi connectivity index (χ1n) is 13.0. The third kappa shape index (κ3) is 3.70. The molecule has 1 aromatic rings. The van der Waals surface area contributed by atoms with Crippen LogP contribution in [0.1, 0.15) is 94.5 Å². The number of benzene rings is 1. The number of hydrogen-bond acceptors (Lipinski definition) is 3. The fourth-order valence-electron chi connectivity index (χ4n) is 8.86. The van der Waals surface area contributed by atoms with Gasteiger partial charge >= 0.3 is 0 Å². The van der Waals surface area contributed by atoms with E-state index in [-0.39, 0.29) is 16.7 Å². The number of aliphatic hydroxyl groups is 1. The van der Waals surface area contributed by atoms with E-state index in [0.29, 0.717) is 29.1 Å². The summed E-state index contributed by atoms with van der Waals surface area (Å²) in [7, 11) is 0. The second-order valence-electron chi connectivity index (χ2n) is 12.2. The highest BCUT2D eigenvalue weighted by atomic mass is 16.3. The van der Waals surface area contributed by atoms with Crippen molar-refractivity contribution in [3.8, 4) is 11.8 Å². The Hall–Kier alpha value is -1.92. The van der Waals surface area contributed by atoms with Crippen molar-refractivity contribution in [1.29, 1.82) is 0 Å². The van der Waals surface area contributed by atoms with Gasteiger partial charge in [-0.15, -0.1) is 0 Å². The van der Waals surface area contributed by atoms with Crippen molar-refractivity contribution in [1.82, 2.24) is 0 Å². The van der Waals surface area contributed by atoms with Crippen LogP contribution in [0, 0.1) is 52.3 Å². The van der Waals surface area contributed by atoms with Gasteiger partial charge < -0.3 is 5.11 Å². The average Bonchev–Trinajstić information content (AvgIpc) is 3.16. The van der Waals surface area contributed by atoms with Crippen LogP contribution in [0.25, 0.3) is 0 Å². The van der Waals surface area contributed by atoms with Crippen molar-refractivity contribution in [3.63, 3.8) is 0 Å². The van der Waals surface area contributed by atoms with Crippen molar-refractivity contribution in [2.75, 3.05) is 0 Å². The van der Waals surface area contributed by atoms with Gasteiger partial charge in [-0.3, -0.25) is 9.59 Å². The van der Waals surface area contributed by atoms with E-state index in [1.165, 1.54) is 32.1 Å². The fraction of sp³-hybridized carbons (Fsp3) is 0.667. The van der Waals surface area contributed by atoms with E-state index in [4.69, 9.17) is 0 Å². The van der Waals surface area contributed by atoms with Crippen LogP contribution in [0.15, 0.2) is 24.3 Å². The van der Waals surface area contributed by atoms with Crippen LogP contribution in [0.3, 0.4) is 0 Å². The minimum Gasteiger partial charge on any atom is -0.378 e. The summed E-state index contributed by atoms with van der Waals surface area (Å²) < 4.78 is 0. The van der Waals surface area contributed by atoms with Gasteiger partial charge in [-0.1, -0.05) is 37.8 Å². The zero-order valence-corrected chi connectivity index (χ0v) is 20.4. The zero-order valence-electron chi connectivity index (χ0n) is 20.4. The Balaban J connectivity index is 1.33. The van der Waals surface area contributed by atoms with Crippen molar-refractivity contribution < 1.29 is 14.7 Å². The highest BCUT2D eigenvalue weighted by molar-refractivity contribution is 5.79. The van der Waals surface area contributed by atoms with Crippen molar-refractivity contribution in [2.45, 2.75) is 84.2 Å². The van der Waals surface area contributed by atoms with E-state index < -0.39 is 5.60 Å². The first kappa shape index (κ1) is 22.9. The lowest BCUT2D eigenvalue weighted by atomic mass is 9.44. The van der Waals surface area contributed by atoms with E-state index in [9.17, 15) is 14.7 Å². The van der Waals surface area contributed by atoms with Gasteiger partial charge in [0.15, 0.2) is 0 Å². The van der Waals surface area contributed by atoms with Crippen LogP contribution in [-0.2, 0) is 4.79 Å². The summed E-state index contributed by atoms with van der Waals surface area (Å²) in [5.41, 5.74) is 1.05. The molecule has 1 aromatic carbocycles. The highest BCUT2D eigenvalue weighted by Crippen LogP contribution is 2.68. The van der Waals surface area contributed by atoms with E-state index in [1.807, 2.05) is 19.1 Å². The van der Waals surface area contributed by atoms with E-state index in [2.05, 4.69) is 25.7 Å². The number of ketones is 1. The number of hydrogen-bond donors (Lipinski definition) is 1. The Morgan fingerprint density at radius 2 is 1.70 bits per heavy atom. The predicted molar refractivity (Wildman–Crippen MR) is 130 cm³/mol. The number of aldehydes is 1. The van der Waals surface area contributed by atoms with Gasteiger partial charge in [0.1, 0.15) is 17.7 Å². The first-order chi connectivity index (χ1) is 15.7. The molecule has 8 atom stereocenters. The number of fused-ring (bicyclic) bond motifs is 5. The molecule has 0 aliphatic heterocycles. The molecule has 5 rings (SSSR count). The third-order valence-corrected chi connectivity index (χ3v) is 10.7. The van der Waals surface area contributed by atoms with Gasteiger partial charge in [0.2, 0.25) is 0 Å². The molecule has 3 nitrogen and oxygen atoms in total. The van der Waals surface area contributed by atoms with Crippen LogP contribution < -0.4 is 0 Å². The molecule has 1 N–H and O–H groups in total. The SMILES string of the molecule is CC(=O)[C@H]1CCC2C3CC[C@@H]4C[C@@](O)(C#Cc5ccc(C=O)cc5)CC[C@]4(C)C3CC[C@@]21C. The molecule has 0 amide bonds. The molecule has 3 heteroatoms. The van der Waals surface area contributed by atoms with Gasteiger partial charge in [-0.25, -0.2) is 0 Å². The number of carbonyl (C=O) groups is 2. The largest absolute Gasteiger partial charge is 0.378 e. The average molecular weight is 447 g/mol. The van der Waals surface area contributed by atoms with Crippen molar-refractivity contribution in [2.24, 2.45) is 40.4 Å². The molecule has 0 bridgehead atoms. The molecular weight excluding hydrogens is 408 g/mol. The lowest BCUT2D eigenvalue weighted by molar-refractivity contribution is -0.144. The molecule has 176 valence electrons. The van der Waals surface area contributed by atoms with Crippen LogP contribution in [-0.4, -0.2) is 22.8 Å². The molecule has 0 aromatic heterocycles. The summed E-state index contributed by atoms with van der Waals surface area (Å²) >= 11 is 0. The fourth-order valence-corrected chi connectivity index (χ4v) is 8.86. The Morgan fingerprint density at radius 1 is 0.970 bits per heavy atom. The molecule has 4 aliphatic rings. The minimum atomic E-state index is -0.920. The van der Waals surface area contributed by atoms with Crippen LogP contribution in [0.4, 0.5) is 0 Å². The smallest absolute Gasteiger partial charge is 0.150 e. The van der Waals surface area contributed by atoms with Gasteiger partial charge in [0.25, 0.3) is 0 Å². The van der Waals surface area contributed by atoms with Gasteiger partial charge in [-0.2, -0.15) is 0 Å². The maximum Gasteiger partial charge on any atom is 0.150 e.